The number of esters is 1. The number of anilines is 1. The van der Waals surface area contributed by atoms with Gasteiger partial charge in [-0.25, -0.2) is 4.79 Å². The Labute approximate surface area is 143 Å². The van der Waals surface area contributed by atoms with Crippen molar-refractivity contribution in [3.8, 4) is 0 Å². The second-order valence-electron chi connectivity index (χ2n) is 5.11. The van der Waals surface area contributed by atoms with Crippen LogP contribution in [0.4, 0.5) is 5.69 Å². The first-order chi connectivity index (χ1) is 11.6. The Morgan fingerprint density at radius 1 is 1.17 bits per heavy atom. The van der Waals surface area contributed by atoms with Crippen molar-refractivity contribution >= 4 is 40.1 Å². The summed E-state index contributed by atoms with van der Waals surface area (Å²) in [5.41, 5.74) is 1.97. The van der Waals surface area contributed by atoms with Crippen LogP contribution in [0.3, 0.4) is 0 Å². The number of amides is 1. The monoisotopic (exact) mass is 342 g/mol. The van der Waals surface area contributed by atoms with Crippen molar-refractivity contribution in [2.75, 3.05) is 11.9 Å². The van der Waals surface area contributed by atoms with Gasteiger partial charge in [-0.2, -0.15) is 0 Å². The van der Waals surface area contributed by atoms with Crippen molar-refractivity contribution in [3.63, 3.8) is 0 Å². The fraction of sp³-hybridized carbons (Fsp3) is 0.111. The van der Waals surface area contributed by atoms with Crippen molar-refractivity contribution < 1.29 is 14.3 Å². The summed E-state index contributed by atoms with van der Waals surface area (Å²) in [7, 11) is 0. The van der Waals surface area contributed by atoms with Gasteiger partial charge in [0.2, 0.25) is 0 Å². The molecule has 1 amide bonds. The zero-order valence-corrected chi connectivity index (χ0v) is 13.7. The normalized spacial score (nSPS) is 10.6. The molecule has 2 N–H and O–H groups in total. The van der Waals surface area contributed by atoms with Gasteiger partial charge in [0.25, 0.3) is 5.91 Å². The van der Waals surface area contributed by atoms with E-state index in [9.17, 15) is 9.59 Å². The second kappa shape index (κ2) is 6.76. The van der Waals surface area contributed by atoms with Gasteiger partial charge in [-0.05, 0) is 37.3 Å². The quantitative estimate of drug-likeness (QED) is 0.696. The molecule has 0 radical (unpaired) electrons. The predicted molar refractivity (Wildman–Crippen MR) is 93.7 cm³/mol. The fourth-order valence-corrected chi connectivity index (χ4v) is 2.62. The smallest absolute Gasteiger partial charge is 0.340 e. The highest BCUT2D eigenvalue weighted by atomic mass is 35.5. The van der Waals surface area contributed by atoms with Crippen molar-refractivity contribution in [2.24, 2.45) is 0 Å². The highest BCUT2D eigenvalue weighted by Gasteiger charge is 2.17. The highest BCUT2D eigenvalue weighted by molar-refractivity contribution is 6.31. The third-order valence-corrected chi connectivity index (χ3v) is 3.79. The van der Waals surface area contributed by atoms with Crippen LogP contribution in [0.1, 0.15) is 27.6 Å². The number of para-hydroxylation sites is 1. The molecule has 0 bridgehead atoms. The second-order valence-corrected chi connectivity index (χ2v) is 5.55. The summed E-state index contributed by atoms with van der Waals surface area (Å²) in [6.07, 6.45) is 1.61. The number of ether oxygens (including phenoxy) is 1. The molecule has 1 aromatic heterocycles. The molecule has 0 spiro atoms. The molecule has 0 saturated carbocycles. The maximum absolute atomic E-state index is 12.6. The first-order valence-corrected chi connectivity index (χ1v) is 7.82. The van der Waals surface area contributed by atoms with E-state index < -0.39 is 5.97 Å². The number of carbonyl (C=O) groups excluding carboxylic acids is 2. The molecule has 6 heteroatoms. The molecular weight excluding hydrogens is 328 g/mol. The topological polar surface area (TPSA) is 71.2 Å². The number of fused-ring (bicyclic) bond motifs is 1. The van der Waals surface area contributed by atoms with Crippen LogP contribution in [0, 0.1) is 0 Å². The van der Waals surface area contributed by atoms with Crippen molar-refractivity contribution in [1.29, 1.82) is 0 Å². The number of carbonyl (C=O) groups is 2. The number of aromatic amines is 1. The maximum atomic E-state index is 12.6. The van der Waals surface area contributed by atoms with Gasteiger partial charge < -0.3 is 15.0 Å². The Hall–Kier alpha value is -2.79. The van der Waals surface area contributed by atoms with Gasteiger partial charge in [-0.1, -0.05) is 23.7 Å². The van der Waals surface area contributed by atoms with E-state index in [0.717, 1.165) is 5.52 Å². The van der Waals surface area contributed by atoms with Crippen LogP contribution in [0.25, 0.3) is 10.9 Å². The van der Waals surface area contributed by atoms with Gasteiger partial charge in [0.05, 0.1) is 23.4 Å². The molecule has 5 nitrogen and oxygen atoms in total. The predicted octanol–water partition coefficient (Wildman–Crippen LogP) is 4.25. The highest BCUT2D eigenvalue weighted by Crippen LogP contribution is 2.24. The molecule has 24 heavy (non-hydrogen) atoms. The third kappa shape index (κ3) is 3.12. The molecule has 3 aromatic rings. The van der Waals surface area contributed by atoms with E-state index in [1.54, 1.807) is 55.6 Å². The summed E-state index contributed by atoms with van der Waals surface area (Å²) in [6, 6.07) is 12.0. The average Bonchev–Trinajstić information content (AvgIpc) is 2.98. The largest absolute Gasteiger partial charge is 0.462 e. The van der Waals surface area contributed by atoms with Crippen LogP contribution in [-0.2, 0) is 4.74 Å². The van der Waals surface area contributed by atoms with Crippen LogP contribution < -0.4 is 5.32 Å². The van der Waals surface area contributed by atoms with E-state index in [-0.39, 0.29) is 12.5 Å². The van der Waals surface area contributed by atoms with E-state index in [4.69, 9.17) is 16.3 Å². The van der Waals surface area contributed by atoms with Crippen molar-refractivity contribution in [1.82, 2.24) is 4.98 Å². The van der Waals surface area contributed by atoms with Gasteiger partial charge in [0.15, 0.2) is 0 Å². The molecule has 0 aliphatic rings. The maximum Gasteiger partial charge on any atom is 0.340 e. The van der Waals surface area contributed by atoms with Crippen LogP contribution in [0.2, 0.25) is 5.02 Å². The summed E-state index contributed by atoms with van der Waals surface area (Å²) < 4.78 is 5.01. The van der Waals surface area contributed by atoms with Crippen molar-refractivity contribution in [2.45, 2.75) is 6.92 Å². The van der Waals surface area contributed by atoms with Gasteiger partial charge in [-0.3, -0.25) is 4.79 Å². The van der Waals surface area contributed by atoms with E-state index in [1.807, 2.05) is 0 Å². The van der Waals surface area contributed by atoms with Crippen LogP contribution in [-0.4, -0.2) is 23.5 Å². The summed E-state index contributed by atoms with van der Waals surface area (Å²) in [5, 5.41) is 4.02. The van der Waals surface area contributed by atoms with E-state index in [0.29, 0.717) is 27.2 Å². The minimum absolute atomic E-state index is 0.266. The van der Waals surface area contributed by atoms with Gasteiger partial charge in [-0.15, -0.1) is 0 Å². The number of hydrogen-bond donors (Lipinski definition) is 2. The lowest BCUT2D eigenvalue weighted by molar-refractivity contribution is 0.0527. The minimum atomic E-state index is -0.477. The summed E-state index contributed by atoms with van der Waals surface area (Å²) >= 11 is 6.01. The summed E-state index contributed by atoms with van der Waals surface area (Å²) in [4.78, 5) is 27.6. The molecule has 122 valence electrons. The Bertz CT molecular complexity index is 918. The molecular formula is C18H15ClN2O3. The Kier molecular flexibility index (Phi) is 4.53. The lowest BCUT2D eigenvalue weighted by atomic mass is 10.1. The number of aromatic nitrogens is 1. The number of rotatable bonds is 4. The lowest BCUT2D eigenvalue weighted by Gasteiger charge is -2.10. The third-order valence-electron chi connectivity index (χ3n) is 3.56. The van der Waals surface area contributed by atoms with E-state index >= 15 is 0 Å². The van der Waals surface area contributed by atoms with Crippen LogP contribution >= 0.6 is 11.6 Å². The first kappa shape index (κ1) is 16.1. The van der Waals surface area contributed by atoms with Gasteiger partial charge in [0.1, 0.15) is 0 Å². The van der Waals surface area contributed by atoms with Crippen molar-refractivity contribution in [3.05, 3.63) is 64.8 Å². The number of H-pyrrole nitrogens is 1. The number of nitrogens with one attached hydrogen (secondary N) is 2. The first-order valence-electron chi connectivity index (χ1n) is 7.44. The minimum Gasteiger partial charge on any atom is -0.462 e. The molecule has 1 heterocycles. The summed E-state index contributed by atoms with van der Waals surface area (Å²) in [5.74, 6) is -0.810. The summed E-state index contributed by atoms with van der Waals surface area (Å²) in [6.45, 7) is 2.00. The Balaban J connectivity index is 1.92. The molecule has 2 aromatic carbocycles. The number of benzene rings is 2. The fourth-order valence-electron chi connectivity index (χ4n) is 2.45. The van der Waals surface area contributed by atoms with E-state index in [2.05, 4.69) is 10.3 Å². The zero-order chi connectivity index (χ0) is 17.1. The van der Waals surface area contributed by atoms with Crippen LogP contribution in [0.15, 0.2) is 48.7 Å². The lowest BCUT2D eigenvalue weighted by Crippen LogP contribution is -2.15. The zero-order valence-electron chi connectivity index (χ0n) is 12.9. The SMILES string of the molecule is CCOC(=O)c1ccccc1NC(=O)c1c[nH]c2ccc(Cl)cc12. The standard InChI is InChI=1S/C18H15ClN2O3/c1-2-24-18(23)12-5-3-4-6-16(12)21-17(22)14-10-20-15-8-7-11(19)9-13(14)15/h3-10,20H,2H2,1H3,(H,21,22). The van der Waals surface area contributed by atoms with E-state index in [1.165, 1.54) is 0 Å². The van der Waals surface area contributed by atoms with Gasteiger partial charge >= 0.3 is 5.97 Å². The molecule has 0 unspecified atom stereocenters. The molecule has 0 atom stereocenters. The molecule has 0 fully saturated rings. The van der Waals surface area contributed by atoms with Crippen LogP contribution in [0.5, 0.6) is 0 Å². The molecule has 0 aliphatic carbocycles. The Morgan fingerprint density at radius 3 is 2.75 bits per heavy atom. The number of halogens is 1. The number of hydrogen-bond acceptors (Lipinski definition) is 3. The molecule has 0 saturated heterocycles. The average molecular weight is 343 g/mol. The van der Waals surface area contributed by atoms with Gasteiger partial charge in [0, 0.05) is 22.1 Å². The Morgan fingerprint density at radius 2 is 1.96 bits per heavy atom. The molecule has 0 aliphatic heterocycles. The molecule has 3 rings (SSSR count).